The second-order valence-electron chi connectivity index (χ2n) is 5.99. The average Bonchev–Trinajstić information content (AvgIpc) is 2.63. The lowest BCUT2D eigenvalue weighted by atomic mass is 9.82. The van der Waals surface area contributed by atoms with Gasteiger partial charge < -0.3 is 10.2 Å². The predicted octanol–water partition coefficient (Wildman–Crippen LogP) is 3.01. The van der Waals surface area contributed by atoms with Gasteiger partial charge in [0.1, 0.15) is 0 Å². The maximum absolute atomic E-state index is 12.8. The quantitative estimate of drug-likeness (QED) is 0.577. The molecule has 0 spiro atoms. The van der Waals surface area contributed by atoms with Gasteiger partial charge in [0.2, 0.25) is 0 Å². The summed E-state index contributed by atoms with van der Waals surface area (Å²) in [5, 5.41) is 19.4. The van der Waals surface area contributed by atoms with Gasteiger partial charge in [0, 0.05) is 22.3 Å². The van der Waals surface area contributed by atoms with Crippen molar-refractivity contribution >= 4 is 34.3 Å². The Kier molecular flexibility index (Phi) is 3.23. The number of aromatic carboxylic acids is 2. The standard InChI is InChI=1S/C20H10O6/c21-17-13-4-3-11(20(25)26)7-14(13)18(22)15-6-9-1-2-10(19(23)24)5-12(9)8-16(15)17/h1-8H,(H,23,24)(H,25,26). The van der Waals surface area contributed by atoms with Gasteiger partial charge in [-0.2, -0.15) is 0 Å². The molecule has 3 aromatic carbocycles. The molecular weight excluding hydrogens is 336 g/mol. The van der Waals surface area contributed by atoms with Crippen LogP contribution in [0, 0.1) is 0 Å². The van der Waals surface area contributed by atoms with Gasteiger partial charge in [-0.05, 0) is 53.2 Å². The van der Waals surface area contributed by atoms with Crippen LogP contribution in [0.1, 0.15) is 52.6 Å². The van der Waals surface area contributed by atoms with Crippen molar-refractivity contribution in [3.63, 3.8) is 0 Å². The first kappa shape index (κ1) is 15.7. The molecule has 2 N–H and O–H groups in total. The Hall–Kier alpha value is -3.80. The minimum Gasteiger partial charge on any atom is -0.478 e. The molecule has 4 rings (SSSR count). The topological polar surface area (TPSA) is 109 Å². The highest BCUT2D eigenvalue weighted by Gasteiger charge is 2.30. The summed E-state index contributed by atoms with van der Waals surface area (Å²) in [5.74, 6) is -3.09. The van der Waals surface area contributed by atoms with E-state index in [1.54, 1.807) is 6.07 Å². The monoisotopic (exact) mass is 346 g/mol. The molecule has 0 aliphatic heterocycles. The van der Waals surface area contributed by atoms with E-state index in [1.807, 2.05) is 0 Å². The molecule has 1 aliphatic rings. The molecule has 0 atom stereocenters. The van der Waals surface area contributed by atoms with E-state index in [1.165, 1.54) is 42.5 Å². The van der Waals surface area contributed by atoms with Crippen molar-refractivity contribution in [3.05, 3.63) is 81.9 Å². The van der Waals surface area contributed by atoms with Crippen molar-refractivity contribution in [1.82, 2.24) is 0 Å². The summed E-state index contributed by atoms with van der Waals surface area (Å²) in [6.07, 6.45) is 0. The predicted molar refractivity (Wildman–Crippen MR) is 91.2 cm³/mol. The lowest BCUT2D eigenvalue weighted by molar-refractivity contribution is 0.0686. The lowest BCUT2D eigenvalue weighted by Crippen LogP contribution is -2.21. The van der Waals surface area contributed by atoms with Crippen LogP contribution in [0.2, 0.25) is 0 Å². The Morgan fingerprint density at radius 2 is 1.08 bits per heavy atom. The minimum absolute atomic E-state index is 0.0592. The molecule has 0 fully saturated rings. The van der Waals surface area contributed by atoms with Crippen LogP contribution in [-0.4, -0.2) is 33.7 Å². The zero-order chi connectivity index (χ0) is 18.6. The molecule has 0 unspecified atom stereocenters. The van der Waals surface area contributed by atoms with Crippen LogP contribution in [0.4, 0.5) is 0 Å². The van der Waals surface area contributed by atoms with E-state index in [9.17, 15) is 19.2 Å². The van der Waals surface area contributed by atoms with Crippen molar-refractivity contribution in [1.29, 1.82) is 0 Å². The van der Waals surface area contributed by atoms with E-state index in [0.717, 1.165) is 0 Å². The van der Waals surface area contributed by atoms with Crippen molar-refractivity contribution in [3.8, 4) is 0 Å². The molecule has 126 valence electrons. The summed E-state index contributed by atoms with van der Waals surface area (Å²) in [7, 11) is 0. The third-order valence-electron chi connectivity index (χ3n) is 4.47. The Morgan fingerprint density at radius 1 is 0.577 bits per heavy atom. The summed E-state index contributed by atoms with van der Waals surface area (Å²) < 4.78 is 0. The first-order valence-electron chi connectivity index (χ1n) is 7.64. The molecule has 0 heterocycles. The maximum Gasteiger partial charge on any atom is 0.335 e. The number of ketones is 2. The Morgan fingerprint density at radius 3 is 1.73 bits per heavy atom. The van der Waals surface area contributed by atoms with Crippen molar-refractivity contribution < 1.29 is 29.4 Å². The van der Waals surface area contributed by atoms with Gasteiger partial charge in [0.05, 0.1) is 11.1 Å². The van der Waals surface area contributed by atoms with Crippen molar-refractivity contribution in [2.24, 2.45) is 0 Å². The number of carbonyl (C=O) groups excluding carboxylic acids is 2. The Bertz CT molecular complexity index is 1170. The van der Waals surface area contributed by atoms with Gasteiger partial charge in [-0.25, -0.2) is 9.59 Å². The molecule has 6 nitrogen and oxygen atoms in total. The average molecular weight is 346 g/mol. The van der Waals surface area contributed by atoms with Crippen molar-refractivity contribution in [2.75, 3.05) is 0 Å². The smallest absolute Gasteiger partial charge is 0.335 e. The maximum atomic E-state index is 12.8. The molecule has 26 heavy (non-hydrogen) atoms. The van der Waals surface area contributed by atoms with Gasteiger partial charge in [-0.1, -0.05) is 6.07 Å². The molecular formula is C20H10O6. The molecule has 0 amide bonds. The Labute approximate surface area is 146 Å². The van der Waals surface area contributed by atoms with E-state index in [2.05, 4.69) is 0 Å². The zero-order valence-electron chi connectivity index (χ0n) is 13.1. The molecule has 0 bridgehead atoms. The highest BCUT2D eigenvalue weighted by Crippen LogP contribution is 2.31. The summed E-state index contributed by atoms with van der Waals surface area (Å²) in [4.78, 5) is 47.9. The van der Waals surface area contributed by atoms with Gasteiger partial charge in [0.15, 0.2) is 11.6 Å². The summed E-state index contributed by atoms with van der Waals surface area (Å²) in [5.41, 5.74) is 0.574. The zero-order valence-corrected chi connectivity index (χ0v) is 13.1. The second-order valence-corrected chi connectivity index (χ2v) is 5.99. The SMILES string of the molecule is O=C(O)c1ccc2c(c1)C(=O)c1cc3ccc(C(=O)O)cc3cc1C2=O. The molecule has 1 aliphatic carbocycles. The molecule has 3 aromatic rings. The van der Waals surface area contributed by atoms with E-state index in [4.69, 9.17) is 10.2 Å². The van der Waals surface area contributed by atoms with Crippen LogP contribution in [0.25, 0.3) is 10.8 Å². The fraction of sp³-hybridized carbons (Fsp3) is 0. The van der Waals surface area contributed by atoms with E-state index < -0.39 is 23.5 Å². The number of carboxylic acid groups (broad SMARTS) is 2. The highest BCUT2D eigenvalue weighted by molar-refractivity contribution is 6.29. The molecule has 6 heteroatoms. The van der Waals surface area contributed by atoms with Gasteiger partial charge in [-0.15, -0.1) is 0 Å². The van der Waals surface area contributed by atoms with Crippen LogP contribution in [0.15, 0.2) is 48.5 Å². The number of carboxylic acids is 2. The normalized spacial score (nSPS) is 12.6. The first-order valence-corrected chi connectivity index (χ1v) is 7.64. The third-order valence-corrected chi connectivity index (χ3v) is 4.47. The second kappa shape index (κ2) is 5.35. The number of carbonyl (C=O) groups is 4. The lowest BCUT2D eigenvalue weighted by Gasteiger charge is -2.18. The van der Waals surface area contributed by atoms with Crippen LogP contribution in [0.3, 0.4) is 0 Å². The van der Waals surface area contributed by atoms with Crippen LogP contribution >= 0.6 is 0 Å². The number of rotatable bonds is 2. The van der Waals surface area contributed by atoms with Crippen LogP contribution in [0.5, 0.6) is 0 Å². The fourth-order valence-corrected chi connectivity index (χ4v) is 3.16. The number of hydrogen-bond acceptors (Lipinski definition) is 4. The van der Waals surface area contributed by atoms with E-state index in [0.29, 0.717) is 10.8 Å². The van der Waals surface area contributed by atoms with E-state index >= 15 is 0 Å². The number of benzene rings is 3. The van der Waals surface area contributed by atoms with Gasteiger partial charge in [0.25, 0.3) is 0 Å². The van der Waals surface area contributed by atoms with E-state index in [-0.39, 0.29) is 33.4 Å². The summed E-state index contributed by atoms with van der Waals surface area (Å²) >= 11 is 0. The van der Waals surface area contributed by atoms with Crippen LogP contribution < -0.4 is 0 Å². The van der Waals surface area contributed by atoms with Gasteiger partial charge in [-0.3, -0.25) is 9.59 Å². The minimum atomic E-state index is -1.18. The summed E-state index contributed by atoms with van der Waals surface area (Å²) in [6, 6.07) is 11.3. The first-order chi connectivity index (χ1) is 12.4. The third kappa shape index (κ3) is 2.20. The molecule has 0 radical (unpaired) electrons. The molecule has 0 saturated heterocycles. The van der Waals surface area contributed by atoms with Gasteiger partial charge >= 0.3 is 11.9 Å². The molecule has 0 aromatic heterocycles. The number of hydrogen-bond donors (Lipinski definition) is 2. The molecule has 0 saturated carbocycles. The Balaban J connectivity index is 1.95. The number of fused-ring (bicyclic) bond motifs is 3. The highest BCUT2D eigenvalue weighted by atomic mass is 16.4. The largest absolute Gasteiger partial charge is 0.478 e. The van der Waals surface area contributed by atoms with Crippen LogP contribution in [-0.2, 0) is 0 Å². The summed E-state index contributed by atoms with van der Waals surface area (Å²) in [6.45, 7) is 0. The van der Waals surface area contributed by atoms with Crippen molar-refractivity contribution in [2.45, 2.75) is 0 Å². The fourth-order valence-electron chi connectivity index (χ4n) is 3.16.